The number of rotatable bonds is 6. The molecule has 0 radical (unpaired) electrons. The molecule has 0 atom stereocenters. The lowest BCUT2D eigenvalue weighted by molar-refractivity contribution is 1.27. The van der Waals surface area contributed by atoms with Crippen LogP contribution in [0.2, 0.25) is 0 Å². The topological polar surface area (TPSA) is 51.6 Å². The predicted molar refractivity (Wildman–Crippen MR) is 500 cm³/mol. The number of benzene rings is 12. The number of fused-ring (bicyclic) bond motifs is 18. The van der Waals surface area contributed by atoms with E-state index in [0.717, 1.165) is 109 Å². The number of aryl methyl sites for hydroxylation is 12. The van der Waals surface area contributed by atoms with Crippen molar-refractivity contribution in [3.8, 4) is 66.8 Å². The summed E-state index contributed by atoms with van der Waals surface area (Å²) in [5.74, 6) is 0. The van der Waals surface area contributed by atoms with Gasteiger partial charge in [-0.3, -0.25) is 0 Å². The first-order valence-electron chi connectivity index (χ1n) is 39.3. The van der Waals surface area contributed by atoms with Crippen LogP contribution >= 0.6 is 45.3 Å². The quantitative estimate of drug-likeness (QED) is 0.156. The molecule has 4 aliphatic heterocycles. The third-order valence-corrected chi connectivity index (χ3v) is 28.6. The highest BCUT2D eigenvalue weighted by atomic mass is 32.1. The van der Waals surface area contributed by atoms with E-state index in [9.17, 15) is 0 Å². The summed E-state index contributed by atoms with van der Waals surface area (Å²) in [4.78, 5) is 23.9. The molecule has 9 heterocycles. The summed E-state index contributed by atoms with van der Waals surface area (Å²) < 4.78 is 9.36. The standard InChI is InChI=1S/C106H78N4S4/c1-55-47-59(5)93(60(6)48-55)103-81-35-31-77(107-81)101(75-29-25-71-21-19-67-15-13-17-69-23-27-73(75)99(71)97(67)69)78-32-36-82(108-78)105(95-63(9)51-57(3)52-64(95)10)91-45-41-87(113-91)88-42-46-92(114-88)106(96-65(11)53-58(4)54-66(96)12)84-38-34-80(110-84)102(76-30-26-72-22-20-68-16-14-18-70-24-28-74(76)100(72)98(68)70)79-33-37-83(109-79)104(94-61(7)49-56(2)50-62(94)8)90-44-40-86(112-90)85-39-43-89(103)111-85/h13-54H,1-12H3. The average Bonchev–Trinajstić information content (AvgIpc) is 1.05. The average molecular weight is 1540 g/mol. The molecule has 0 N–H and O–H groups in total. The zero-order chi connectivity index (χ0) is 77.4. The molecule has 0 aliphatic carbocycles. The van der Waals surface area contributed by atoms with Crippen LogP contribution in [-0.4, -0.2) is 19.9 Å². The Kier molecular flexibility index (Phi) is 16.4. The predicted octanol–water partition coefficient (Wildman–Crippen LogP) is 31.2. The summed E-state index contributed by atoms with van der Waals surface area (Å²) >= 11 is 7.37. The smallest absolute Gasteiger partial charge is 0.0738 e. The van der Waals surface area contributed by atoms with E-state index in [2.05, 4.69) is 338 Å². The van der Waals surface area contributed by atoms with Crippen molar-refractivity contribution in [3.63, 3.8) is 0 Å². The van der Waals surface area contributed by atoms with Gasteiger partial charge in [0.05, 0.1) is 45.6 Å². The lowest BCUT2D eigenvalue weighted by Gasteiger charge is -2.15. The largest absolute Gasteiger partial charge is 0.248 e. The van der Waals surface area contributed by atoms with Gasteiger partial charge in [-0.05, 0) is 323 Å². The summed E-state index contributed by atoms with van der Waals surface area (Å²) in [5.41, 5.74) is 35.3. The molecule has 17 aromatic rings. The lowest BCUT2D eigenvalue weighted by Crippen LogP contribution is -1.95. The zero-order valence-electron chi connectivity index (χ0n) is 65.7. The number of hydrogen-bond donors (Lipinski definition) is 0. The SMILES string of the molecule is Cc1cc(C)c(-c2c3nc(c(-c4ccc5ccc6cccc7ccc4c5c67)c4nc(c(-c5c(C)cc(C)cc5C)c5ccc(s5)c5ccc(s5)c(-c5c(C)cc(C)cc5C)c5nc(c(-c6ccc7ccc8cccc9ccc6c7c89)c6nc(c(-c7c(C)cc(C)cc7C)c7ccc(s7)c7ccc2s7)C=C6)C=C5)C=C4)C=C3)c(C)c1. The van der Waals surface area contributed by atoms with E-state index in [1.54, 1.807) is 0 Å². The third-order valence-electron chi connectivity index (χ3n) is 23.8. The van der Waals surface area contributed by atoms with Crippen LogP contribution in [0.15, 0.2) is 206 Å². The fourth-order valence-corrected chi connectivity index (χ4v) is 24.0. The molecule has 0 fully saturated rings. The Morgan fingerprint density at radius 3 is 0.632 bits per heavy atom. The second-order valence-corrected chi connectivity index (χ2v) is 36.1. The first-order valence-corrected chi connectivity index (χ1v) is 42.5. The van der Waals surface area contributed by atoms with E-state index in [1.807, 2.05) is 45.3 Å². The highest BCUT2D eigenvalue weighted by Gasteiger charge is 2.28. The van der Waals surface area contributed by atoms with Crippen molar-refractivity contribution in [1.29, 1.82) is 0 Å². The highest BCUT2D eigenvalue weighted by molar-refractivity contribution is 7.31. The van der Waals surface area contributed by atoms with Crippen LogP contribution in [0.5, 0.6) is 0 Å². The van der Waals surface area contributed by atoms with Gasteiger partial charge in [0.2, 0.25) is 0 Å². The normalized spacial score (nSPS) is 12.6. The van der Waals surface area contributed by atoms with Gasteiger partial charge in [0, 0.05) is 71.0 Å². The van der Waals surface area contributed by atoms with E-state index >= 15 is 0 Å². The molecule has 0 unspecified atom stereocenters. The van der Waals surface area contributed by atoms with Crippen LogP contribution in [0.25, 0.3) is 218 Å². The van der Waals surface area contributed by atoms with Crippen molar-refractivity contribution in [2.24, 2.45) is 0 Å². The Bertz CT molecular complexity index is 6860. The maximum absolute atomic E-state index is 5.98. The molecule has 0 saturated heterocycles. The number of nitrogens with zero attached hydrogens (tertiary/aromatic N) is 4. The van der Waals surface area contributed by atoms with E-state index in [1.165, 1.54) is 172 Å². The van der Waals surface area contributed by atoms with E-state index < -0.39 is 0 Å². The summed E-state index contributed by atoms with van der Waals surface area (Å²) in [5, 5.41) is 14.7. The van der Waals surface area contributed by atoms with Gasteiger partial charge in [-0.2, -0.15) is 0 Å². The lowest BCUT2D eigenvalue weighted by atomic mass is 9.89. The monoisotopic (exact) mass is 1530 g/mol. The van der Waals surface area contributed by atoms with Crippen LogP contribution in [0, 0.1) is 83.1 Å². The molecule has 114 heavy (non-hydrogen) atoms. The molecule has 5 aromatic heterocycles. The molecule has 0 amide bonds. The maximum atomic E-state index is 5.98. The van der Waals surface area contributed by atoms with Gasteiger partial charge < -0.3 is 0 Å². The molecular weight excluding hydrogens is 1460 g/mol. The van der Waals surface area contributed by atoms with Crippen molar-refractivity contribution < 1.29 is 0 Å². The Balaban J connectivity index is 0.918. The minimum atomic E-state index is 0.871. The highest BCUT2D eigenvalue weighted by Crippen LogP contribution is 2.50. The fourth-order valence-electron chi connectivity index (χ4n) is 19.5. The first kappa shape index (κ1) is 69.8. The number of thiophene rings is 4. The van der Waals surface area contributed by atoms with Gasteiger partial charge in [0.15, 0.2) is 0 Å². The molecule has 0 spiro atoms. The van der Waals surface area contributed by atoms with Gasteiger partial charge in [-0.15, -0.1) is 45.3 Å². The minimum Gasteiger partial charge on any atom is -0.248 e. The molecule has 12 aromatic carbocycles. The fraction of sp³-hybridized carbons (Fsp3) is 0.113. The van der Waals surface area contributed by atoms with Crippen LogP contribution in [0.3, 0.4) is 0 Å². The van der Waals surface area contributed by atoms with Gasteiger partial charge in [0.1, 0.15) is 0 Å². The Labute approximate surface area is 679 Å². The van der Waals surface area contributed by atoms with Crippen molar-refractivity contribution in [1.82, 2.24) is 19.9 Å². The number of hydrogen-bond acceptors (Lipinski definition) is 8. The molecule has 21 rings (SSSR count). The number of aromatic nitrogens is 4. The van der Waals surface area contributed by atoms with E-state index in [0.29, 0.717) is 0 Å². The van der Waals surface area contributed by atoms with Crippen molar-refractivity contribution in [2.75, 3.05) is 0 Å². The van der Waals surface area contributed by atoms with E-state index in [4.69, 9.17) is 19.9 Å². The van der Waals surface area contributed by atoms with Gasteiger partial charge >= 0.3 is 0 Å². The van der Waals surface area contributed by atoms with Crippen LogP contribution in [0.4, 0.5) is 0 Å². The second kappa shape index (κ2) is 26.8. The van der Waals surface area contributed by atoms with Crippen molar-refractivity contribution in [2.45, 2.75) is 83.1 Å². The molecular formula is C106H78N4S4. The minimum absolute atomic E-state index is 0.871. The summed E-state index contributed by atoms with van der Waals surface area (Å²) in [6.45, 7) is 27.0. The van der Waals surface area contributed by atoms with Gasteiger partial charge in [0.25, 0.3) is 0 Å². The first-order chi connectivity index (χ1) is 55.4. The molecule has 8 heteroatoms. The molecule has 4 aliphatic rings. The third kappa shape index (κ3) is 11.3. The van der Waals surface area contributed by atoms with Crippen LogP contribution in [0.1, 0.15) is 112 Å². The Morgan fingerprint density at radius 2 is 0.386 bits per heavy atom. The molecule has 16 bridgehead atoms. The second-order valence-electron chi connectivity index (χ2n) is 31.8. The Hall–Kier alpha value is -12.1. The zero-order valence-corrected chi connectivity index (χ0v) is 68.9. The molecule has 0 saturated carbocycles. The van der Waals surface area contributed by atoms with Gasteiger partial charge in [-0.25, -0.2) is 19.9 Å². The van der Waals surface area contributed by atoms with Crippen molar-refractivity contribution >= 4 is 196 Å². The Morgan fingerprint density at radius 1 is 0.184 bits per heavy atom. The van der Waals surface area contributed by atoms with E-state index in [-0.39, 0.29) is 0 Å². The summed E-state index contributed by atoms with van der Waals surface area (Å²) in [6, 6.07) is 78.3. The van der Waals surface area contributed by atoms with Crippen molar-refractivity contribution in [3.05, 3.63) is 319 Å². The maximum Gasteiger partial charge on any atom is 0.0738 e. The molecule has 4 nitrogen and oxygen atoms in total. The van der Waals surface area contributed by atoms with Crippen LogP contribution < -0.4 is 0 Å². The molecule has 546 valence electrons. The van der Waals surface area contributed by atoms with Crippen LogP contribution in [-0.2, 0) is 0 Å². The summed E-state index contributed by atoms with van der Waals surface area (Å²) in [7, 11) is 0. The summed E-state index contributed by atoms with van der Waals surface area (Å²) in [6.07, 6.45) is 18.1. The van der Waals surface area contributed by atoms with Gasteiger partial charge in [-0.1, -0.05) is 180 Å².